The van der Waals surface area contributed by atoms with Gasteiger partial charge in [0.05, 0.1) is 0 Å². The van der Waals surface area contributed by atoms with Gasteiger partial charge >= 0.3 is 0 Å². The normalized spacial score (nSPS) is 29.3. The second-order valence-corrected chi connectivity index (χ2v) is 8.78. The minimum atomic E-state index is 0.480. The first-order valence-corrected chi connectivity index (χ1v) is 9.59. The SMILES string of the molecule is CC(C)CC1(CN2CCNC3(CCCCC3)C2)CCCC1. The van der Waals surface area contributed by atoms with Crippen molar-refractivity contribution in [2.24, 2.45) is 11.3 Å². The van der Waals surface area contributed by atoms with Gasteiger partial charge in [-0.3, -0.25) is 4.90 Å². The van der Waals surface area contributed by atoms with Crippen LogP contribution in [0.3, 0.4) is 0 Å². The summed E-state index contributed by atoms with van der Waals surface area (Å²) in [5.74, 6) is 0.856. The first-order chi connectivity index (χ1) is 10.1. The molecule has 2 nitrogen and oxygen atoms in total. The monoisotopic (exact) mass is 292 g/mol. The average Bonchev–Trinajstić information content (AvgIpc) is 2.87. The van der Waals surface area contributed by atoms with Crippen molar-refractivity contribution in [1.29, 1.82) is 0 Å². The van der Waals surface area contributed by atoms with Gasteiger partial charge in [-0.05, 0) is 43.4 Å². The summed E-state index contributed by atoms with van der Waals surface area (Å²) in [5, 5.41) is 3.90. The fourth-order valence-electron chi connectivity index (χ4n) is 5.63. The summed E-state index contributed by atoms with van der Waals surface area (Å²) in [6.07, 6.45) is 14.6. The van der Waals surface area contributed by atoms with Crippen LogP contribution in [0.25, 0.3) is 0 Å². The highest BCUT2D eigenvalue weighted by molar-refractivity contribution is 4.98. The summed E-state index contributed by atoms with van der Waals surface area (Å²) in [6, 6.07) is 0. The van der Waals surface area contributed by atoms with Gasteiger partial charge in [0.25, 0.3) is 0 Å². The molecule has 0 aromatic rings. The van der Waals surface area contributed by atoms with Crippen molar-refractivity contribution in [3.05, 3.63) is 0 Å². The Kier molecular flexibility index (Phi) is 4.95. The van der Waals surface area contributed by atoms with E-state index in [0.29, 0.717) is 11.0 Å². The molecule has 122 valence electrons. The fraction of sp³-hybridized carbons (Fsp3) is 1.00. The Morgan fingerprint density at radius 1 is 0.952 bits per heavy atom. The highest BCUT2D eigenvalue weighted by Crippen LogP contribution is 2.44. The van der Waals surface area contributed by atoms with Crippen molar-refractivity contribution in [3.63, 3.8) is 0 Å². The maximum absolute atomic E-state index is 3.90. The van der Waals surface area contributed by atoms with E-state index in [1.807, 2.05) is 0 Å². The molecule has 2 aliphatic carbocycles. The van der Waals surface area contributed by atoms with Crippen molar-refractivity contribution >= 4 is 0 Å². The van der Waals surface area contributed by atoms with Crippen LogP contribution in [0, 0.1) is 11.3 Å². The molecule has 1 saturated heterocycles. The van der Waals surface area contributed by atoms with E-state index in [-0.39, 0.29) is 0 Å². The molecule has 3 rings (SSSR count). The van der Waals surface area contributed by atoms with Gasteiger partial charge < -0.3 is 5.32 Å². The van der Waals surface area contributed by atoms with Crippen LogP contribution in [0.1, 0.15) is 78.1 Å². The molecule has 21 heavy (non-hydrogen) atoms. The maximum Gasteiger partial charge on any atom is 0.0309 e. The Morgan fingerprint density at radius 2 is 1.62 bits per heavy atom. The van der Waals surface area contributed by atoms with E-state index in [4.69, 9.17) is 0 Å². The molecule has 0 amide bonds. The Hall–Kier alpha value is -0.0800. The van der Waals surface area contributed by atoms with Crippen LogP contribution >= 0.6 is 0 Å². The van der Waals surface area contributed by atoms with Gasteiger partial charge in [0.2, 0.25) is 0 Å². The Morgan fingerprint density at radius 3 is 2.29 bits per heavy atom. The topological polar surface area (TPSA) is 15.3 Å². The minimum Gasteiger partial charge on any atom is -0.309 e. The van der Waals surface area contributed by atoms with E-state index in [2.05, 4.69) is 24.1 Å². The standard InChI is InChI=1S/C19H36N2/c1-17(2)14-18(8-6-7-9-18)15-21-13-12-20-19(16-21)10-4-3-5-11-19/h17,20H,3-16H2,1-2H3. The van der Waals surface area contributed by atoms with Crippen LogP contribution in [0.2, 0.25) is 0 Å². The summed E-state index contributed by atoms with van der Waals surface area (Å²) >= 11 is 0. The van der Waals surface area contributed by atoms with Crippen molar-refractivity contribution in [2.75, 3.05) is 26.2 Å². The van der Waals surface area contributed by atoms with Crippen LogP contribution < -0.4 is 5.32 Å². The molecule has 1 aliphatic heterocycles. The smallest absolute Gasteiger partial charge is 0.0309 e. The zero-order valence-corrected chi connectivity index (χ0v) is 14.4. The van der Waals surface area contributed by atoms with Gasteiger partial charge in [0.1, 0.15) is 0 Å². The molecule has 3 fully saturated rings. The number of hydrogen-bond donors (Lipinski definition) is 1. The molecule has 0 bridgehead atoms. The lowest BCUT2D eigenvalue weighted by molar-refractivity contribution is 0.0544. The second kappa shape index (κ2) is 6.58. The predicted molar refractivity (Wildman–Crippen MR) is 90.6 cm³/mol. The Labute approximate surface area is 132 Å². The second-order valence-electron chi connectivity index (χ2n) is 8.78. The van der Waals surface area contributed by atoms with E-state index in [0.717, 1.165) is 5.92 Å². The molecule has 2 saturated carbocycles. The van der Waals surface area contributed by atoms with Crippen LogP contribution in [-0.2, 0) is 0 Å². The van der Waals surface area contributed by atoms with Crippen molar-refractivity contribution in [3.8, 4) is 0 Å². The van der Waals surface area contributed by atoms with E-state index in [1.165, 1.54) is 90.4 Å². The molecule has 3 aliphatic rings. The zero-order valence-electron chi connectivity index (χ0n) is 14.4. The van der Waals surface area contributed by atoms with Gasteiger partial charge in [-0.1, -0.05) is 46.0 Å². The summed E-state index contributed by atoms with van der Waals surface area (Å²) in [6.45, 7) is 10.0. The quantitative estimate of drug-likeness (QED) is 0.835. The van der Waals surface area contributed by atoms with Gasteiger partial charge in [-0.25, -0.2) is 0 Å². The largest absolute Gasteiger partial charge is 0.309 e. The third-order valence-corrected chi connectivity index (χ3v) is 6.33. The number of piperazine rings is 1. The van der Waals surface area contributed by atoms with Gasteiger partial charge in [0, 0.05) is 31.7 Å². The summed E-state index contributed by atoms with van der Waals surface area (Å²) in [5.41, 5.74) is 1.13. The van der Waals surface area contributed by atoms with Gasteiger partial charge in [-0.15, -0.1) is 0 Å². The average molecular weight is 293 g/mol. The van der Waals surface area contributed by atoms with Gasteiger partial charge in [0.15, 0.2) is 0 Å². The predicted octanol–water partition coefficient (Wildman–Crippen LogP) is 4.20. The lowest BCUT2D eigenvalue weighted by Gasteiger charge is -2.48. The molecule has 0 aromatic heterocycles. The van der Waals surface area contributed by atoms with Crippen LogP contribution in [0.4, 0.5) is 0 Å². The molecule has 0 aromatic carbocycles. The molecular weight excluding hydrogens is 256 g/mol. The van der Waals surface area contributed by atoms with Crippen molar-refractivity contribution in [2.45, 2.75) is 83.6 Å². The van der Waals surface area contributed by atoms with E-state index >= 15 is 0 Å². The number of nitrogens with zero attached hydrogens (tertiary/aromatic N) is 1. The first kappa shape index (κ1) is 15.8. The van der Waals surface area contributed by atoms with Crippen LogP contribution in [0.15, 0.2) is 0 Å². The van der Waals surface area contributed by atoms with E-state index < -0.39 is 0 Å². The maximum atomic E-state index is 3.90. The van der Waals surface area contributed by atoms with E-state index in [9.17, 15) is 0 Å². The summed E-state index contributed by atoms with van der Waals surface area (Å²) in [4.78, 5) is 2.84. The summed E-state index contributed by atoms with van der Waals surface area (Å²) in [7, 11) is 0. The first-order valence-electron chi connectivity index (χ1n) is 9.59. The molecule has 1 N–H and O–H groups in total. The molecule has 1 heterocycles. The molecule has 0 radical (unpaired) electrons. The van der Waals surface area contributed by atoms with E-state index in [1.54, 1.807) is 0 Å². The molecule has 0 unspecified atom stereocenters. The highest BCUT2D eigenvalue weighted by atomic mass is 15.2. The van der Waals surface area contributed by atoms with Gasteiger partial charge in [-0.2, -0.15) is 0 Å². The number of rotatable bonds is 4. The molecule has 1 spiro atoms. The van der Waals surface area contributed by atoms with Crippen molar-refractivity contribution < 1.29 is 0 Å². The third kappa shape index (κ3) is 3.82. The number of hydrogen-bond acceptors (Lipinski definition) is 2. The van der Waals surface area contributed by atoms with Crippen LogP contribution in [-0.4, -0.2) is 36.6 Å². The van der Waals surface area contributed by atoms with Crippen molar-refractivity contribution in [1.82, 2.24) is 10.2 Å². The Bertz CT molecular complexity index is 319. The fourth-order valence-corrected chi connectivity index (χ4v) is 5.63. The molecular formula is C19H36N2. The number of nitrogens with one attached hydrogen (secondary N) is 1. The highest BCUT2D eigenvalue weighted by Gasteiger charge is 2.40. The lowest BCUT2D eigenvalue weighted by Crippen LogP contribution is -2.62. The lowest BCUT2D eigenvalue weighted by atomic mass is 9.76. The minimum absolute atomic E-state index is 0.480. The molecule has 2 heteroatoms. The molecule has 0 atom stereocenters. The third-order valence-electron chi connectivity index (χ3n) is 6.33. The summed E-state index contributed by atoms with van der Waals surface area (Å²) < 4.78 is 0. The Balaban J connectivity index is 1.62. The van der Waals surface area contributed by atoms with Crippen LogP contribution in [0.5, 0.6) is 0 Å². The zero-order chi connectivity index (χ0) is 14.8.